The maximum Gasteiger partial charge on any atom is 0.307 e. The maximum atomic E-state index is 11.8. The van der Waals surface area contributed by atoms with Crippen LogP contribution >= 0.6 is 0 Å². The fraction of sp³-hybridized carbons (Fsp3) is 0.846. The van der Waals surface area contributed by atoms with Crippen LogP contribution in [0.2, 0.25) is 0 Å². The molecular weight excluding hydrogens is 218 g/mol. The van der Waals surface area contributed by atoms with Crippen LogP contribution in [-0.4, -0.2) is 22.5 Å². The second kappa shape index (κ2) is 4.31. The van der Waals surface area contributed by atoms with Gasteiger partial charge in [-0.2, -0.15) is 0 Å². The Kier molecular flexibility index (Phi) is 3.55. The number of hydrogen-bond donors (Lipinski definition) is 2. The second-order valence-corrected chi connectivity index (χ2v) is 6.90. The predicted molar refractivity (Wildman–Crippen MR) is 65.5 cm³/mol. The van der Waals surface area contributed by atoms with Crippen LogP contribution in [0.3, 0.4) is 0 Å². The Bertz CT molecular complexity index is 328. The molecule has 1 aliphatic rings. The minimum absolute atomic E-state index is 0.119. The van der Waals surface area contributed by atoms with Crippen molar-refractivity contribution in [3.8, 4) is 0 Å². The highest BCUT2D eigenvalue weighted by Crippen LogP contribution is 2.39. The van der Waals surface area contributed by atoms with E-state index in [0.717, 1.165) is 6.42 Å². The van der Waals surface area contributed by atoms with E-state index in [2.05, 4.69) is 26.1 Å². The van der Waals surface area contributed by atoms with Crippen LogP contribution in [0, 0.1) is 17.3 Å². The Morgan fingerprint density at radius 3 is 2.06 bits per heavy atom. The molecule has 1 saturated carbocycles. The molecule has 0 heterocycles. The number of amides is 1. The molecular formula is C13H23NO3. The van der Waals surface area contributed by atoms with Crippen molar-refractivity contribution in [2.45, 2.75) is 53.0 Å². The van der Waals surface area contributed by atoms with Crippen molar-refractivity contribution >= 4 is 11.9 Å². The Morgan fingerprint density at radius 1 is 1.18 bits per heavy atom. The van der Waals surface area contributed by atoms with Gasteiger partial charge in [-0.15, -0.1) is 0 Å². The van der Waals surface area contributed by atoms with Gasteiger partial charge < -0.3 is 10.4 Å². The highest BCUT2D eigenvalue weighted by Gasteiger charge is 2.49. The van der Waals surface area contributed by atoms with E-state index in [1.807, 2.05) is 13.8 Å². The quantitative estimate of drug-likeness (QED) is 0.791. The van der Waals surface area contributed by atoms with Crippen molar-refractivity contribution in [2.24, 2.45) is 17.3 Å². The third-order valence-electron chi connectivity index (χ3n) is 2.88. The second-order valence-electron chi connectivity index (χ2n) is 6.90. The molecule has 1 rings (SSSR count). The van der Waals surface area contributed by atoms with E-state index >= 15 is 0 Å². The molecule has 1 amide bonds. The summed E-state index contributed by atoms with van der Waals surface area (Å²) in [6.45, 7) is 10.3. The molecule has 0 saturated heterocycles. The van der Waals surface area contributed by atoms with Gasteiger partial charge in [0.25, 0.3) is 0 Å². The number of carboxylic acid groups (broad SMARTS) is 1. The summed E-state index contributed by atoms with van der Waals surface area (Å²) in [7, 11) is 0. The van der Waals surface area contributed by atoms with Crippen molar-refractivity contribution in [1.29, 1.82) is 0 Å². The molecule has 4 nitrogen and oxygen atoms in total. The Labute approximate surface area is 103 Å². The Hall–Kier alpha value is -1.06. The lowest BCUT2D eigenvalue weighted by atomic mass is 9.81. The summed E-state index contributed by atoms with van der Waals surface area (Å²) in [5, 5.41) is 11.7. The van der Waals surface area contributed by atoms with E-state index in [0.29, 0.717) is 6.42 Å². The number of carbonyl (C=O) groups is 2. The van der Waals surface area contributed by atoms with E-state index in [1.165, 1.54) is 0 Å². The van der Waals surface area contributed by atoms with Crippen molar-refractivity contribution in [3.05, 3.63) is 0 Å². The van der Waals surface area contributed by atoms with Gasteiger partial charge in [0.1, 0.15) is 0 Å². The zero-order valence-corrected chi connectivity index (χ0v) is 11.3. The number of rotatable bonds is 4. The summed E-state index contributed by atoms with van der Waals surface area (Å²) in [6, 6.07) is 0. The molecule has 0 bridgehead atoms. The molecule has 0 aromatic rings. The fourth-order valence-electron chi connectivity index (χ4n) is 2.55. The number of carboxylic acids is 1. The lowest BCUT2D eigenvalue weighted by Crippen LogP contribution is -2.46. The van der Waals surface area contributed by atoms with Gasteiger partial charge in [0.15, 0.2) is 0 Å². The van der Waals surface area contributed by atoms with Crippen molar-refractivity contribution in [3.63, 3.8) is 0 Å². The monoisotopic (exact) mass is 241 g/mol. The summed E-state index contributed by atoms with van der Waals surface area (Å²) in [5.74, 6) is -1.78. The SMILES string of the molecule is CC(C)(C)CC(C)(C)NC(=O)C1CC1C(=O)O. The fourth-order valence-corrected chi connectivity index (χ4v) is 2.55. The molecule has 1 fully saturated rings. The average Bonchev–Trinajstić information content (AvgIpc) is 2.74. The normalized spacial score (nSPS) is 24.3. The van der Waals surface area contributed by atoms with E-state index < -0.39 is 11.9 Å². The van der Waals surface area contributed by atoms with Gasteiger partial charge in [0.2, 0.25) is 5.91 Å². The van der Waals surface area contributed by atoms with E-state index in [-0.39, 0.29) is 22.8 Å². The molecule has 1 aliphatic carbocycles. The number of nitrogens with one attached hydrogen (secondary N) is 1. The zero-order valence-electron chi connectivity index (χ0n) is 11.3. The van der Waals surface area contributed by atoms with Crippen molar-refractivity contribution in [2.75, 3.05) is 0 Å². The number of aliphatic carboxylic acids is 1. The van der Waals surface area contributed by atoms with Crippen LogP contribution < -0.4 is 5.32 Å². The van der Waals surface area contributed by atoms with Crippen LogP contribution in [0.4, 0.5) is 0 Å². The first-order valence-corrected chi connectivity index (χ1v) is 6.07. The molecule has 0 spiro atoms. The van der Waals surface area contributed by atoms with Gasteiger partial charge in [-0.3, -0.25) is 9.59 Å². The first-order valence-electron chi connectivity index (χ1n) is 6.07. The van der Waals surface area contributed by atoms with Crippen LogP contribution in [-0.2, 0) is 9.59 Å². The van der Waals surface area contributed by atoms with Crippen LogP contribution in [0.25, 0.3) is 0 Å². The Balaban J connectivity index is 2.49. The summed E-state index contributed by atoms with van der Waals surface area (Å²) in [6.07, 6.45) is 1.34. The van der Waals surface area contributed by atoms with Crippen LogP contribution in [0.1, 0.15) is 47.5 Å². The standard InChI is InChI=1S/C13H23NO3/c1-12(2,3)7-13(4,5)14-10(15)8-6-9(8)11(16)17/h8-9H,6-7H2,1-5H3,(H,14,15)(H,16,17). The third-order valence-corrected chi connectivity index (χ3v) is 2.88. The van der Waals surface area contributed by atoms with Gasteiger partial charge in [-0.25, -0.2) is 0 Å². The summed E-state index contributed by atoms with van der Waals surface area (Å²) < 4.78 is 0. The largest absolute Gasteiger partial charge is 0.481 e. The summed E-state index contributed by atoms with van der Waals surface area (Å²) in [4.78, 5) is 22.5. The van der Waals surface area contributed by atoms with E-state index in [4.69, 9.17) is 5.11 Å². The van der Waals surface area contributed by atoms with Crippen molar-refractivity contribution in [1.82, 2.24) is 5.32 Å². The minimum atomic E-state index is -0.862. The lowest BCUT2D eigenvalue weighted by molar-refractivity contribution is -0.140. The molecule has 4 heteroatoms. The minimum Gasteiger partial charge on any atom is -0.481 e. The molecule has 2 atom stereocenters. The average molecular weight is 241 g/mol. The molecule has 98 valence electrons. The van der Waals surface area contributed by atoms with Gasteiger partial charge in [-0.05, 0) is 32.1 Å². The summed E-state index contributed by atoms with van der Waals surface area (Å²) >= 11 is 0. The molecule has 0 aromatic carbocycles. The van der Waals surface area contributed by atoms with E-state index in [9.17, 15) is 9.59 Å². The lowest BCUT2D eigenvalue weighted by Gasteiger charge is -2.33. The molecule has 0 aliphatic heterocycles. The molecule has 2 N–H and O–H groups in total. The van der Waals surface area contributed by atoms with Gasteiger partial charge in [0, 0.05) is 5.54 Å². The van der Waals surface area contributed by atoms with Gasteiger partial charge in [0.05, 0.1) is 11.8 Å². The highest BCUT2D eigenvalue weighted by atomic mass is 16.4. The first kappa shape index (κ1) is 14.0. The highest BCUT2D eigenvalue weighted by molar-refractivity contribution is 5.89. The topological polar surface area (TPSA) is 66.4 Å². The van der Waals surface area contributed by atoms with Gasteiger partial charge in [-0.1, -0.05) is 20.8 Å². The zero-order chi connectivity index (χ0) is 13.4. The van der Waals surface area contributed by atoms with Crippen molar-refractivity contribution < 1.29 is 14.7 Å². The molecule has 17 heavy (non-hydrogen) atoms. The Morgan fingerprint density at radius 2 is 1.71 bits per heavy atom. The van der Waals surface area contributed by atoms with E-state index in [1.54, 1.807) is 0 Å². The number of hydrogen-bond acceptors (Lipinski definition) is 2. The molecule has 2 unspecified atom stereocenters. The van der Waals surface area contributed by atoms with Crippen LogP contribution in [0.5, 0.6) is 0 Å². The maximum absolute atomic E-state index is 11.8. The first-order chi connectivity index (χ1) is 7.52. The number of carbonyl (C=O) groups excluding carboxylic acids is 1. The van der Waals surface area contributed by atoms with Crippen LogP contribution in [0.15, 0.2) is 0 Å². The smallest absolute Gasteiger partial charge is 0.307 e. The van der Waals surface area contributed by atoms with Gasteiger partial charge >= 0.3 is 5.97 Å². The summed E-state index contributed by atoms with van der Waals surface area (Å²) in [5.41, 5.74) is -0.159. The third kappa shape index (κ3) is 4.36. The molecule has 0 aromatic heterocycles. The molecule has 0 radical (unpaired) electrons. The predicted octanol–water partition coefficient (Wildman–Crippen LogP) is 2.04.